The quantitative estimate of drug-likeness (QED) is 0.822. The number of hydrogen-bond acceptors (Lipinski definition) is 3. The third-order valence-electron chi connectivity index (χ3n) is 4.87. The second-order valence-corrected chi connectivity index (χ2v) is 6.52. The van der Waals surface area contributed by atoms with Crippen molar-refractivity contribution in [1.82, 2.24) is 10.2 Å². The van der Waals surface area contributed by atoms with Crippen LogP contribution in [-0.2, 0) is 9.59 Å². The Balaban J connectivity index is 1.82. The number of rotatable bonds is 3. The number of fused-ring (bicyclic) bond motifs is 1. The molecule has 3 rings (SSSR count). The minimum absolute atomic E-state index is 0.116. The number of carbonyl (C=O) groups excluding carboxylic acids is 2. The van der Waals surface area contributed by atoms with Gasteiger partial charge in [0.25, 0.3) is 5.91 Å². The highest BCUT2D eigenvalue weighted by Gasteiger charge is 2.41. The van der Waals surface area contributed by atoms with Gasteiger partial charge in [-0.2, -0.15) is 0 Å². The number of nitrogens with one attached hydrogen (secondary N) is 1. The summed E-state index contributed by atoms with van der Waals surface area (Å²) >= 11 is 0. The van der Waals surface area contributed by atoms with Crippen LogP contribution in [0.4, 0.5) is 0 Å². The van der Waals surface area contributed by atoms with Crippen LogP contribution in [0.5, 0.6) is 0 Å². The van der Waals surface area contributed by atoms with E-state index in [-0.39, 0.29) is 17.9 Å². The fourth-order valence-electron chi connectivity index (χ4n) is 3.61. The van der Waals surface area contributed by atoms with Gasteiger partial charge in [0.05, 0.1) is 0 Å². The van der Waals surface area contributed by atoms with E-state index in [1.165, 1.54) is 4.90 Å². The lowest BCUT2D eigenvalue weighted by Crippen LogP contribution is -2.59. The topological polar surface area (TPSA) is 86.7 Å². The average Bonchev–Trinajstić information content (AvgIpc) is 2.62. The summed E-state index contributed by atoms with van der Waals surface area (Å²) in [5.74, 6) is -1.60. The summed E-state index contributed by atoms with van der Waals surface area (Å²) in [6.07, 6.45) is 6.95. The molecule has 25 heavy (non-hydrogen) atoms. The molecule has 0 radical (unpaired) electrons. The van der Waals surface area contributed by atoms with Gasteiger partial charge in [-0.3, -0.25) is 9.59 Å². The van der Waals surface area contributed by atoms with Crippen LogP contribution in [0.3, 0.4) is 0 Å². The van der Waals surface area contributed by atoms with Crippen LogP contribution in [0.15, 0.2) is 42.5 Å². The smallest absolute Gasteiger partial charge is 0.326 e. The van der Waals surface area contributed by atoms with Crippen LogP contribution in [0.1, 0.15) is 42.5 Å². The number of nitrogens with zero attached hydrogens (tertiary/aromatic N) is 1. The lowest BCUT2D eigenvalue weighted by Gasteiger charge is -2.42. The van der Waals surface area contributed by atoms with Gasteiger partial charge in [0.15, 0.2) is 0 Å². The molecule has 2 N–H and O–H groups in total. The van der Waals surface area contributed by atoms with Crippen LogP contribution in [0.25, 0.3) is 0 Å². The summed E-state index contributed by atoms with van der Waals surface area (Å²) in [6.45, 7) is 0. The van der Waals surface area contributed by atoms with E-state index < -0.39 is 18.1 Å². The molecule has 2 heterocycles. The molecule has 3 unspecified atom stereocenters. The van der Waals surface area contributed by atoms with Crippen molar-refractivity contribution in [1.29, 1.82) is 0 Å². The maximum absolute atomic E-state index is 13.0. The monoisotopic (exact) mass is 342 g/mol. The van der Waals surface area contributed by atoms with E-state index >= 15 is 0 Å². The number of amides is 2. The molecule has 6 nitrogen and oxygen atoms in total. The molecule has 0 saturated carbocycles. The van der Waals surface area contributed by atoms with E-state index in [9.17, 15) is 19.5 Å². The lowest BCUT2D eigenvalue weighted by atomic mass is 9.90. The van der Waals surface area contributed by atoms with Crippen molar-refractivity contribution in [3.05, 3.63) is 48.0 Å². The molecular weight excluding hydrogens is 320 g/mol. The van der Waals surface area contributed by atoms with E-state index in [1.807, 2.05) is 18.2 Å². The lowest BCUT2D eigenvalue weighted by molar-refractivity contribution is -0.156. The maximum Gasteiger partial charge on any atom is 0.326 e. The Labute approximate surface area is 146 Å². The Morgan fingerprint density at radius 3 is 2.52 bits per heavy atom. The third-order valence-corrected chi connectivity index (χ3v) is 4.87. The highest BCUT2D eigenvalue weighted by atomic mass is 16.4. The normalized spacial score (nSPS) is 27.6. The molecular formula is C19H22N2O4. The summed E-state index contributed by atoms with van der Waals surface area (Å²) in [5.41, 5.74) is 0.478. The first-order valence-electron chi connectivity index (χ1n) is 8.64. The first kappa shape index (κ1) is 17.2. The van der Waals surface area contributed by atoms with Crippen LogP contribution >= 0.6 is 0 Å². The van der Waals surface area contributed by atoms with Crippen molar-refractivity contribution in [2.45, 2.75) is 50.2 Å². The van der Waals surface area contributed by atoms with E-state index in [4.69, 9.17) is 0 Å². The molecule has 3 atom stereocenters. The van der Waals surface area contributed by atoms with Crippen molar-refractivity contribution in [2.24, 2.45) is 0 Å². The van der Waals surface area contributed by atoms with Crippen LogP contribution < -0.4 is 5.32 Å². The van der Waals surface area contributed by atoms with Crippen molar-refractivity contribution >= 4 is 17.8 Å². The van der Waals surface area contributed by atoms with Gasteiger partial charge in [0.1, 0.15) is 12.1 Å². The Kier molecular flexibility index (Phi) is 5.16. The maximum atomic E-state index is 13.0. The third kappa shape index (κ3) is 3.73. The fourth-order valence-corrected chi connectivity index (χ4v) is 3.61. The minimum Gasteiger partial charge on any atom is -0.480 e. The van der Waals surface area contributed by atoms with Gasteiger partial charge in [0.2, 0.25) is 5.91 Å². The zero-order valence-corrected chi connectivity index (χ0v) is 13.9. The van der Waals surface area contributed by atoms with Gasteiger partial charge in [-0.1, -0.05) is 30.4 Å². The zero-order valence-electron chi connectivity index (χ0n) is 13.9. The standard InChI is InChI=1S/C19H22N2O4/c22-17(13-7-2-1-3-8-13)20-15-11-5-4-9-14-10-6-12-16(19(24)25)21(14)18(15)23/h1-5,7-8,14-16H,6,9-12H2,(H,20,22)(H,24,25)/b5-4-. The van der Waals surface area contributed by atoms with Crippen molar-refractivity contribution < 1.29 is 19.5 Å². The summed E-state index contributed by atoms with van der Waals surface area (Å²) in [4.78, 5) is 38.5. The fraction of sp³-hybridized carbons (Fsp3) is 0.421. The molecule has 0 spiro atoms. The highest BCUT2D eigenvalue weighted by molar-refractivity contribution is 5.98. The second kappa shape index (κ2) is 7.51. The molecule has 1 aromatic rings. The van der Waals surface area contributed by atoms with Crippen molar-refractivity contribution in [2.75, 3.05) is 0 Å². The van der Waals surface area contributed by atoms with Crippen molar-refractivity contribution in [3.8, 4) is 0 Å². The minimum atomic E-state index is -0.976. The van der Waals surface area contributed by atoms with Gasteiger partial charge in [-0.25, -0.2) is 4.79 Å². The van der Waals surface area contributed by atoms with Crippen molar-refractivity contribution in [3.63, 3.8) is 0 Å². The van der Waals surface area contributed by atoms with Gasteiger partial charge < -0.3 is 15.3 Å². The molecule has 6 heteroatoms. The van der Waals surface area contributed by atoms with Crippen LogP contribution in [-0.4, -0.2) is 45.9 Å². The van der Waals surface area contributed by atoms with E-state index in [1.54, 1.807) is 24.3 Å². The molecule has 2 aliphatic heterocycles. The number of carbonyl (C=O) groups is 3. The SMILES string of the molecule is O=C(NC1C/C=C\CC2CCCC(C(=O)O)N2C1=O)c1ccccc1. The predicted octanol–water partition coefficient (Wildman–Crippen LogP) is 1.97. The van der Waals surface area contributed by atoms with E-state index in [0.717, 1.165) is 12.8 Å². The molecule has 132 valence electrons. The number of carboxylic acid groups (broad SMARTS) is 1. The molecule has 1 saturated heterocycles. The Morgan fingerprint density at radius 2 is 1.80 bits per heavy atom. The molecule has 0 bridgehead atoms. The second-order valence-electron chi connectivity index (χ2n) is 6.52. The van der Waals surface area contributed by atoms with E-state index in [2.05, 4.69) is 5.32 Å². The van der Waals surface area contributed by atoms with Crippen LogP contribution in [0.2, 0.25) is 0 Å². The Bertz CT molecular complexity index is 686. The summed E-state index contributed by atoms with van der Waals surface area (Å²) in [5, 5.41) is 12.3. The Morgan fingerprint density at radius 1 is 1.08 bits per heavy atom. The molecule has 0 aliphatic carbocycles. The number of aliphatic carboxylic acids is 1. The molecule has 1 aromatic carbocycles. The highest BCUT2D eigenvalue weighted by Crippen LogP contribution is 2.28. The van der Waals surface area contributed by atoms with Gasteiger partial charge >= 0.3 is 5.97 Å². The van der Waals surface area contributed by atoms with E-state index in [0.29, 0.717) is 24.8 Å². The largest absolute Gasteiger partial charge is 0.480 e. The first-order chi connectivity index (χ1) is 12.1. The molecule has 2 aliphatic rings. The number of piperidine rings is 1. The summed E-state index contributed by atoms with van der Waals surface area (Å²) < 4.78 is 0. The molecule has 2 amide bonds. The predicted molar refractivity (Wildman–Crippen MR) is 92.0 cm³/mol. The summed E-state index contributed by atoms with van der Waals surface area (Å²) in [6, 6.07) is 7.03. The zero-order chi connectivity index (χ0) is 17.8. The summed E-state index contributed by atoms with van der Waals surface area (Å²) in [7, 11) is 0. The number of benzene rings is 1. The molecule has 0 aromatic heterocycles. The number of hydrogen-bond donors (Lipinski definition) is 2. The number of carboxylic acids is 1. The van der Waals surface area contributed by atoms with Gasteiger partial charge in [-0.05, 0) is 44.2 Å². The van der Waals surface area contributed by atoms with Crippen LogP contribution in [0, 0.1) is 0 Å². The van der Waals surface area contributed by atoms with Gasteiger partial charge in [0, 0.05) is 11.6 Å². The van der Waals surface area contributed by atoms with Gasteiger partial charge in [-0.15, -0.1) is 0 Å². The average molecular weight is 342 g/mol. The molecule has 1 fully saturated rings. The first-order valence-corrected chi connectivity index (χ1v) is 8.64. The Hall–Kier alpha value is -2.63.